The summed E-state index contributed by atoms with van der Waals surface area (Å²) in [4.78, 5) is 18.2. The lowest BCUT2D eigenvalue weighted by Gasteiger charge is -2.23. The van der Waals surface area contributed by atoms with E-state index in [0.29, 0.717) is 0 Å². The van der Waals surface area contributed by atoms with E-state index in [0.717, 1.165) is 18.7 Å². The maximum atomic E-state index is 12.9. The van der Waals surface area contributed by atoms with E-state index >= 15 is 0 Å². The van der Waals surface area contributed by atoms with Gasteiger partial charge in [-0.15, -0.1) is 0 Å². The molecule has 1 aromatic carbocycles. The molecule has 2 rings (SSSR count). The van der Waals surface area contributed by atoms with Crippen molar-refractivity contribution in [2.75, 3.05) is 13.1 Å². The number of hydrogen-bond acceptors (Lipinski definition) is 4. The normalized spacial score (nSPS) is 14.4. The molecule has 0 bridgehead atoms. The highest BCUT2D eigenvalue weighted by molar-refractivity contribution is 6.27. The fraction of sp³-hybridized carbons (Fsp3) is 0.357. The predicted molar refractivity (Wildman–Crippen MR) is 74.7 cm³/mol. The molecule has 0 unspecified atom stereocenters. The van der Waals surface area contributed by atoms with Crippen LogP contribution < -0.4 is 0 Å². The average molecular weight is 296 g/mol. The highest BCUT2D eigenvalue weighted by Crippen LogP contribution is 2.09. The molecule has 1 fully saturated rings. The minimum absolute atomic E-state index is 0.211. The van der Waals surface area contributed by atoms with Gasteiger partial charge in [-0.1, -0.05) is 12.1 Å². The molecule has 0 aliphatic carbocycles. The summed E-state index contributed by atoms with van der Waals surface area (Å²) in [7, 11) is 0. The molecule has 0 radical (unpaired) electrons. The quantitative estimate of drug-likeness (QED) is 0.641. The van der Waals surface area contributed by atoms with Gasteiger partial charge >= 0.3 is 11.9 Å². The van der Waals surface area contributed by atoms with E-state index in [9.17, 15) is 4.39 Å². The lowest BCUT2D eigenvalue weighted by molar-refractivity contribution is -0.159. The van der Waals surface area contributed by atoms with Gasteiger partial charge in [-0.25, -0.2) is 14.0 Å². The van der Waals surface area contributed by atoms with Gasteiger partial charge in [0.2, 0.25) is 0 Å². The van der Waals surface area contributed by atoms with Gasteiger partial charge in [0.05, 0.1) is 6.21 Å². The standard InChI is InChI=1S/C12H15FN2.C2H2O4/c13-12-6-4-5-11(9-12)10-14-15-7-2-1-3-8-15;3-1(4)2(5)6/h4-6,9-10H,1-3,7-8H2;(H,3,4)(H,5,6). The third kappa shape index (κ3) is 7.05. The molecule has 6 nitrogen and oxygen atoms in total. The van der Waals surface area contributed by atoms with Gasteiger partial charge in [-0.2, -0.15) is 5.10 Å². The number of benzene rings is 1. The van der Waals surface area contributed by atoms with Crippen LogP contribution >= 0.6 is 0 Å². The molecule has 0 amide bonds. The molecule has 0 atom stereocenters. The van der Waals surface area contributed by atoms with Crippen LogP contribution in [0.15, 0.2) is 29.4 Å². The van der Waals surface area contributed by atoms with Crippen molar-refractivity contribution in [2.45, 2.75) is 19.3 Å². The number of aliphatic carboxylic acids is 2. The largest absolute Gasteiger partial charge is 0.473 e. The second kappa shape index (κ2) is 8.68. The van der Waals surface area contributed by atoms with E-state index < -0.39 is 11.9 Å². The Labute approximate surface area is 121 Å². The number of halogens is 1. The van der Waals surface area contributed by atoms with Crippen molar-refractivity contribution in [3.63, 3.8) is 0 Å². The summed E-state index contributed by atoms with van der Waals surface area (Å²) in [5.74, 6) is -3.86. The zero-order valence-corrected chi connectivity index (χ0v) is 11.4. The maximum absolute atomic E-state index is 12.9. The SMILES string of the molecule is Fc1cccc(C=NN2CCCCC2)c1.O=C(O)C(=O)O. The van der Waals surface area contributed by atoms with Crippen molar-refractivity contribution in [1.29, 1.82) is 0 Å². The van der Waals surface area contributed by atoms with E-state index in [1.54, 1.807) is 12.3 Å². The van der Waals surface area contributed by atoms with Crippen LogP contribution in [0.2, 0.25) is 0 Å². The van der Waals surface area contributed by atoms with Gasteiger partial charge < -0.3 is 10.2 Å². The molecule has 1 heterocycles. The van der Waals surface area contributed by atoms with E-state index in [4.69, 9.17) is 19.8 Å². The second-order valence-corrected chi connectivity index (χ2v) is 4.42. The summed E-state index contributed by atoms with van der Waals surface area (Å²) in [6, 6.07) is 6.50. The minimum atomic E-state index is -1.82. The lowest BCUT2D eigenvalue weighted by Crippen LogP contribution is -2.24. The second-order valence-electron chi connectivity index (χ2n) is 4.42. The first kappa shape index (κ1) is 16.6. The first-order valence-corrected chi connectivity index (χ1v) is 6.50. The molecule has 114 valence electrons. The van der Waals surface area contributed by atoms with E-state index in [-0.39, 0.29) is 5.82 Å². The van der Waals surface area contributed by atoms with Crippen molar-refractivity contribution >= 4 is 18.2 Å². The summed E-state index contributed by atoms with van der Waals surface area (Å²) in [5, 5.41) is 21.2. The minimum Gasteiger partial charge on any atom is -0.473 e. The maximum Gasteiger partial charge on any atom is 0.414 e. The van der Waals surface area contributed by atoms with Crippen LogP contribution in [0.3, 0.4) is 0 Å². The molecule has 1 aliphatic heterocycles. The number of hydrogen-bond donors (Lipinski definition) is 2. The van der Waals surface area contributed by atoms with Crippen molar-refractivity contribution < 1.29 is 24.2 Å². The van der Waals surface area contributed by atoms with E-state index in [1.165, 1.54) is 31.4 Å². The van der Waals surface area contributed by atoms with Gasteiger partial charge in [0.1, 0.15) is 5.82 Å². The summed E-state index contributed by atoms with van der Waals surface area (Å²) < 4.78 is 12.9. The van der Waals surface area contributed by atoms with E-state index in [2.05, 4.69) is 10.1 Å². The molecule has 0 spiro atoms. The molecule has 0 aromatic heterocycles. The average Bonchev–Trinajstić information content (AvgIpc) is 2.47. The third-order valence-corrected chi connectivity index (χ3v) is 2.73. The monoisotopic (exact) mass is 296 g/mol. The van der Waals surface area contributed by atoms with Crippen LogP contribution in [0.25, 0.3) is 0 Å². The highest BCUT2D eigenvalue weighted by atomic mass is 19.1. The Bertz CT molecular complexity index is 501. The van der Waals surface area contributed by atoms with E-state index in [1.807, 2.05) is 6.07 Å². The molecule has 1 saturated heterocycles. The van der Waals surface area contributed by atoms with Crippen molar-refractivity contribution in [1.82, 2.24) is 5.01 Å². The number of rotatable bonds is 2. The summed E-state index contributed by atoms with van der Waals surface area (Å²) in [6.45, 7) is 2.04. The highest BCUT2D eigenvalue weighted by Gasteiger charge is 2.06. The summed E-state index contributed by atoms with van der Waals surface area (Å²) >= 11 is 0. The molecule has 7 heteroatoms. The van der Waals surface area contributed by atoms with Crippen LogP contribution in [0.4, 0.5) is 4.39 Å². The summed E-state index contributed by atoms with van der Waals surface area (Å²) in [5.41, 5.74) is 0.820. The van der Waals surface area contributed by atoms with Gasteiger partial charge in [-0.05, 0) is 37.0 Å². The Morgan fingerprint density at radius 3 is 2.29 bits per heavy atom. The first-order chi connectivity index (χ1) is 9.99. The van der Waals surface area contributed by atoms with Crippen molar-refractivity contribution in [3.8, 4) is 0 Å². The number of carbonyl (C=O) groups is 2. The Balaban J connectivity index is 0.000000315. The van der Waals surface area contributed by atoms with Crippen LogP contribution in [0.1, 0.15) is 24.8 Å². The van der Waals surface area contributed by atoms with Gasteiger partial charge in [0, 0.05) is 13.1 Å². The zero-order chi connectivity index (χ0) is 15.7. The summed E-state index contributed by atoms with van der Waals surface area (Å²) in [6.07, 6.45) is 5.45. The Morgan fingerprint density at radius 2 is 1.76 bits per heavy atom. The molecule has 21 heavy (non-hydrogen) atoms. The Hall–Kier alpha value is -2.44. The number of carboxylic acids is 2. The Morgan fingerprint density at radius 1 is 1.14 bits per heavy atom. The smallest absolute Gasteiger partial charge is 0.414 e. The van der Waals surface area contributed by atoms with Gasteiger partial charge in [0.25, 0.3) is 0 Å². The fourth-order valence-corrected chi connectivity index (χ4v) is 1.73. The number of piperidine rings is 1. The molecule has 2 N–H and O–H groups in total. The fourth-order valence-electron chi connectivity index (χ4n) is 1.73. The predicted octanol–water partition coefficient (Wildman–Crippen LogP) is 1.80. The topological polar surface area (TPSA) is 90.2 Å². The van der Waals surface area contributed by atoms with Crippen LogP contribution in [0, 0.1) is 5.82 Å². The number of nitrogens with zero attached hydrogens (tertiary/aromatic N) is 2. The molecular weight excluding hydrogens is 279 g/mol. The number of hydrazone groups is 1. The van der Waals surface area contributed by atoms with Crippen LogP contribution in [0.5, 0.6) is 0 Å². The molecule has 0 saturated carbocycles. The van der Waals surface area contributed by atoms with Crippen LogP contribution in [-0.2, 0) is 9.59 Å². The first-order valence-electron chi connectivity index (χ1n) is 6.50. The molecular formula is C14H17FN2O4. The van der Waals surface area contributed by atoms with Crippen molar-refractivity contribution in [3.05, 3.63) is 35.6 Å². The lowest BCUT2D eigenvalue weighted by atomic mass is 10.2. The zero-order valence-electron chi connectivity index (χ0n) is 11.4. The van der Waals surface area contributed by atoms with Crippen molar-refractivity contribution in [2.24, 2.45) is 5.10 Å². The number of carboxylic acid groups (broad SMARTS) is 2. The molecule has 1 aromatic rings. The van der Waals surface area contributed by atoms with Gasteiger partial charge in [-0.3, -0.25) is 5.01 Å². The Kier molecular flexibility index (Phi) is 6.86. The third-order valence-electron chi connectivity index (χ3n) is 2.73. The van der Waals surface area contributed by atoms with Crippen LogP contribution in [-0.4, -0.2) is 46.5 Å². The van der Waals surface area contributed by atoms with Gasteiger partial charge in [0.15, 0.2) is 0 Å². The molecule has 1 aliphatic rings.